The Hall–Kier alpha value is -2.68. The van der Waals surface area contributed by atoms with Gasteiger partial charge in [0.25, 0.3) is 0 Å². The molecule has 1 fully saturated rings. The van der Waals surface area contributed by atoms with Crippen molar-refractivity contribution >= 4 is 29.3 Å². The van der Waals surface area contributed by atoms with E-state index in [-0.39, 0.29) is 17.6 Å². The number of anilines is 2. The smallest absolute Gasteiger partial charge is 0.321 e. The zero-order valence-corrected chi connectivity index (χ0v) is 14.9. The van der Waals surface area contributed by atoms with E-state index in [0.717, 1.165) is 25.9 Å². The molecule has 2 heterocycles. The number of carbonyl (C=O) groups is 1. The number of nitrogens with one attached hydrogen (secondary N) is 2. The third kappa shape index (κ3) is 4.48. The van der Waals surface area contributed by atoms with Gasteiger partial charge in [-0.2, -0.15) is 15.0 Å². The number of nitrogens with zero attached hydrogens (tertiary/aromatic N) is 4. The molecule has 138 valence electrons. The normalized spacial score (nSPS) is 13.6. The topological polar surface area (TPSA) is 92.3 Å². The Labute approximate surface area is 154 Å². The van der Waals surface area contributed by atoms with E-state index in [4.69, 9.17) is 16.3 Å². The Morgan fingerprint density at radius 3 is 2.77 bits per heavy atom. The van der Waals surface area contributed by atoms with Crippen molar-refractivity contribution in [2.75, 3.05) is 30.4 Å². The van der Waals surface area contributed by atoms with Crippen LogP contribution >= 0.6 is 11.6 Å². The second-order valence-electron chi connectivity index (χ2n) is 5.67. The molecule has 10 heteroatoms. The molecule has 2 amide bonds. The molecule has 1 aliphatic rings. The van der Waals surface area contributed by atoms with Gasteiger partial charge in [0.2, 0.25) is 5.95 Å². The number of urea groups is 1. The summed E-state index contributed by atoms with van der Waals surface area (Å²) in [6.07, 6.45) is 2.18. The monoisotopic (exact) mass is 380 g/mol. The number of benzene rings is 1. The van der Waals surface area contributed by atoms with Crippen molar-refractivity contribution in [3.63, 3.8) is 0 Å². The fraction of sp³-hybridized carbons (Fsp3) is 0.375. The second-order valence-corrected chi connectivity index (χ2v) is 6.08. The zero-order chi connectivity index (χ0) is 18.5. The first-order valence-electron chi connectivity index (χ1n) is 8.09. The number of halogens is 2. The third-order valence-electron chi connectivity index (χ3n) is 3.81. The van der Waals surface area contributed by atoms with Crippen LogP contribution in [0, 0.1) is 5.82 Å². The summed E-state index contributed by atoms with van der Waals surface area (Å²) < 4.78 is 18.3. The van der Waals surface area contributed by atoms with Crippen molar-refractivity contribution < 1.29 is 13.9 Å². The Bertz CT molecular complexity index is 800. The van der Waals surface area contributed by atoms with Gasteiger partial charge in [-0.25, -0.2) is 9.18 Å². The predicted molar refractivity (Wildman–Crippen MR) is 95.1 cm³/mol. The van der Waals surface area contributed by atoms with Crippen LogP contribution in [0.15, 0.2) is 18.2 Å². The van der Waals surface area contributed by atoms with Gasteiger partial charge in [-0.3, -0.25) is 0 Å². The van der Waals surface area contributed by atoms with Crippen LogP contribution in [-0.4, -0.2) is 41.2 Å². The van der Waals surface area contributed by atoms with Gasteiger partial charge in [-0.05, 0) is 31.0 Å². The van der Waals surface area contributed by atoms with E-state index in [9.17, 15) is 9.18 Å². The Kier molecular flexibility index (Phi) is 5.67. The van der Waals surface area contributed by atoms with Crippen LogP contribution in [0.25, 0.3) is 0 Å². The van der Waals surface area contributed by atoms with Crippen molar-refractivity contribution in [2.45, 2.75) is 19.4 Å². The van der Waals surface area contributed by atoms with Gasteiger partial charge >= 0.3 is 12.0 Å². The van der Waals surface area contributed by atoms with Crippen LogP contribution in [0.5, 0.6) is 6.01 Å². The van der Waals surface area contributed by atoms with Crippen LogP contribution in [0.2, 0.25) is 5.02 Å². The highest BCUT2D eigenvalue weighted by Crippen LogP contribution is 2.19. The number of hydrogen-bond acceptors (Lipinski definition) is 6. The van der Waals surface area contributed by atoms with E-state index >= 15 is 0 Å². The van der Waals surface area contributed by atoms with Gasteiger partial charge < -0.3 is 20.3 Å². The highest BCUT2D eigenvalue weighted by atomic mass is 35.5. The quantitative estimate of drug-likeness (QED) is 0.828. The maximum atomic E-state index is 13.1. The molecule has 0 unspecified atom stereocenters. The molecule has 3 rings (SSSR count). The van der Waals surface area contributed by atoms with Crippen molar-refractivity contribution in [2.24, 2.45) is 0 Å². The molecule has 26 heavy (non-hydrogen) atoms. The van der Waals surface area contributed by atoms with Gasteiger partial charge in [-0.15, -0.1) is 0 Å². The first kappa shape index (κ1) is 18.1. The van der Waals surface area contributed by atoms with Gasteiger partial charge in [0, 0.05) is 18.8 Å². The average molecular weight is 381 g/mol. The van der Waals surface area contributed by atoms with E-state index in [0.29, 0.717) is 17.5 Å². The molecule has 0 saturated carbocycles. The van der Waals surface area contributed by atoms with E-state index in [2.05, 4.69) is 25.6 Å². The largest absolute Gasteiger partial charge is 0.467 e. The number of rotatable bonds is 5. The molecule has 1 aromatic carbocycles. The maximum absolute atomic E-state index is 13.1. The zero-order valence-electron chi connectivity index (χ0n) is 14.1. The van der Waals surface area contributed by atoms with Crippen LogP contribution in [0.4, 0.5) is 20.8 Å². The Morgan fingerprint density at radius 1 is 1.31 bits per heavy atom. The lowest BCUT2D eigenvalue weighted by atomic mass is 10.3. The van der Waals surface area contributed by atoms with E-state index in [1.54, 1.807) is 0 Å². The minimum absolute atomic E-state index is 0.0692. The van der Waals surface area contributed by atoms with Crippen LogP contribution in [0.1, 0.15) is 18.7 Å². The van der Waals surface area contributed by atoms with Gasteiger partial charge in [0.15, 0.2) is 5.82 Å². The fourth-order valence-electron chi connectivity index (χ4n) is 2.52. The summed E-state index contributed by atoms with van der Waals surface area (Å²) in [7, 11) is 1.48. The number of aromatic nitrogens is 3. The van der Waals surface area contributed by atoms with Crippen LogP contribution in [-0.2, 0) is 6.54 Å². The number of amides is 2. The van der Waals surface area contributed by atoms with E-state index < -0.39 is 11.8 Å². The van der Waals surface area contributed by atoms with Crippen molar-refractivity contribution in [1.82, 2.24) is 20.3 Å². The molecule has 0 radical (unpaired) electrons. The summed E-state index contributed by atoms with van der Waals surface area (Å²) in [5.74, 6) is 0.368. The number of ether oxygens (including phenoxy) is 1. The summed E-state index contributed by atoms with van der Waals surface area (Å²) in [5.41, 5.74) is 0.375. The number of carbonyl (C=O) groups excluding carboxylic acids is 1. The highest BCUT2D eigenvalue weighted by Gasteiger charge is 2.18. The van der Waals surface area contributed by atoms with Crippen molar-refractivity contribution in [3.8, 4) is 6.01 Å². The Morgan fingerprint density at radius 2 is 2.08 bits per heavy atom. The standard InChI is InChI=1S/C16H18ClFN6O2/c1-26-16-22-13(21-14(23-16)24-6-2-3-7-24)9-19-15(25)20-10-4-5-12(18)11(17)8-10/h4-5,8H,2-3,6-7,9H2,1H3,(H2,19,20,25). The molecule has 0 bridgehead atoms. The van der Waals surface area contributed by atoms with E-state index in [1.807, 2.05) is 4.90 Å². The lowest BCUT2D eigenvalue weighted by Gasteiger charge is -2.16. The minimum Gasteiger partial charge on any atom is -0.467 e. The second kappa shape index (κ2) is 8.13. The molecule has 1 aromatic heterocycles. The Balaban J connectivity index is 1.63. The molecule has 2 N–H and O–H groups in total. The summed E-state index contributed by atoms with van der Waals surface area (Å²) in [6.45, 7) is 1.85. The maximum Gasteiger partial charge on any atom is 0.321 e. The summed E-state index contributed by atoms with van der Waals surface area (Å²) in [4.78, 5) is 26.8. The van der Waals surface area contributed by atoms with Gasteiger partial charge in [0.1, 0.15) is 5.82 Å². The van der Waals surface area contributed by atoms with Crippen LogP contribution in [0.3, 0.4) is 0 Å². The first-order valence-corrected chi connectivity index (χ1v) is 8.47. The lowest BCUT2D eigenvalue weighted by Crippen LogP contribution is -2.29. The summed E-state index contributed by atoms with van der Waals surface area (Å²) >= 11 is 5.69. The van der Waals surface area contributed by atoms with Crippen LogP contribution < -0.4 is 20.3 Å². The molecule has 0 spiro atoms. The fourth-order valence-corrected chi connectivity index (χ4v) is 2.70. The minimum atomic E-state index is -0.552. The average Bonchev–Trinajstić information content (AvgIpc) is 3.17. The van der Waals surface area contributed by atoms with E-state index in [1.165, 1.54) is 25.3 Å². The van der Waals surface area contributed by atoms with Gasteiger partial charge in [-0.1, -0.05) is 11.6 Å². The summed E-state index contributed by atoms with van der Waals surface area (Å²) in [5, 5.41) is 5.13. The molecule has 1 saturated heterocycles. The third-order valence-corrected chi connectivity index (χ3v) is 4.10. The number of methoxy groups -OCH3 is 1. The molecule has 0 atom stereocenters. The highest BCUT2D eigenvalue weighted by molar-refractivity contribution is 6.31. The molecular formula is C16H18ClFN6O2. The molecule has 2 aromatic rings. The first-order chi connectivity index (χ1) is 12.5. The van der Waals surface area contributed by atoms with Crippen molar-refractivity contribution in [1.29, 1.82) is 0 Å². The molecule has 0 aliphatic carbocycles. The van der Waals surface area contributed by atoms with Gasteiger partial charge in [0.05, 0.1) is 18.7 Å². The molecular weight excluding hydrogens is 363 g/mol. The summed E-state index contributed by atoms with van der Waals surface area (Å²) in [6, 6.07) is 3.63. The molecule has 1 aliphatic heterocycles. The predicted octanol–water partition coefficient (Wildman–Crippen LogP) is 2.59. The van der Waals surface area contributed by atoms with Crippen molar-refractivity contribution in [3.05, 3.63) is 34.9 Å². The SMILES string of the molecule is COc1nc(CNC(=O)Nc2ccc(F)c(Cl)c2)nc(N2CCCC2)n1. The number of hydrogen-bond donors (Lipinski definition) is 2. The lowest BCUT2D eigenvalue weighted by molar-refractivity contribution is 0.251. The molecule has 8 nitrogen and oxygen atoms in total.